The number of likely N-dealkylation sites (tertiary alicyclic amines) is 1. The molecule has 0 radical (unpaired) electrons. The fourth-order valence-corrected chi connectivity index (χ4v) is 2.04. The fraction of sp³-hybridized carbons (Fsp3) is 0.900. The van der Waals surface area contributed by atoms with Crippen LogP contribution in [0.15, 0.2) is 0 Å². The van der Waals surface area contributed by atoms with Crippen molar-refractivity contribution in [2.75, 3.05) is 19.0 Å². The lowest BCUT2D eigenvalue weighted by atomic mass is 10.00. The highest BCUT2D eigenvalue weighted by molar-refractivity contribution is 6.18. The summed E-state index contributed by atoms with van der Waals surface area (Å²) >= 11 is 5.79. The largest absolute Gasteiger partial charge is 0.342 e. The number of alkyl halides is 1. The molecule has 1 amide bonds. The summed E-state index contributed by atoms with van der Waals surface area (Å²) in [5.41, 5.74) is 0. The summed E-state index contributed by atoms with van der Waals surface area (Å²) in [6, 6.07) is 0. The van der Waals surface area contributed by atoms with E-state index < -0.39 is 0 Å². The number of rotatable bonds is 3. The molecule has 1 unspecified atom stereocenters. The molecule has 1 aliphatic heterocycles. The highest BCUT2D eigenvalue weighted by Gasteiger charge is 2.21. The number of hydrogen-bond donors (Lipinski definition) is 0. The molecule has 0 aliphatic carbocycles. The molecule has 13 heavy (non-hydrogen) atoms. The zero-order valence-corrected chi connectivity index (χ0v) is 9.02. The second-order valence-corrected chi connectivity index (χ2v) is 4.06. The van der Waals surface area contributed by atoms with Gasteiger partial charge in [0.05, 0.1) is 0 Å². The zero-order valence-electron chi connectivity index (χ0n) is 8.26. The van der Waals surface area contributed by atoms with Crippen LogP contribution < -0.4 is 0 Å². The third-order valence-electron chi connectivity index (χ3n) is 2.55. The molecule has 1 fully saturated rings. The summed E-state index contributed by atoms with van der Waals surface area (Å²) in [6.07, 6.45) is 3.93. The third kappa shape index (κ3) is 3.18. The van der Waals surface area contributed by atoms with Gasteiger partial charge < -0.3 is 4.90 Å². The van der Waals surface area contributed by atoms with E-state index in [4.69, 9.17) is 11.6 Å². The standard InChI is InChI=1S/C10H18ClNO/c1-2-4-10(13)12-6-3-5-9(7-11)8-12/h9H,2-8H2,1H3. The van der Waals surface area contributed by atoms with Gasteiger partial charge in [-0.25, -0.2) is 0 Å². The number of carbonyl (C=O) groups excluding carboxylic acids is 1. The van der Waals surface area contributed by atoms with Gasteiger partial charge in [0.25, 0.3) is 0 Å². The highest BCUT2D eigenvalue weighted by atomic mass is 35.5. The normalized spacial score (nSPS) is 23.2. The lowest BCUT2D eigenvalue weighted by Gasteiger charge is -2.31. The van der Waals surface area contributed by atoms with Crippen LogP contribution in [-0.4, -0.2) is 29.8 Å². The number of amides is 1. The summed E-state index contributed by atoms with van der Waals surface area (Å²) in [7, 11) is 0. The van der Waals surface area contributed by atoms with Crippen LogP contribution in [0, 0.1) is 5.92 Å². The minimum atomic E-state index is 0.303. The predicted molar refractivity (Wildman–Crippen MR) is 54.9 cm³/mol. The lowest BCUT2D eigenvalue weighted by Crippen LogP contribution is -2.40. The molecule has 0 bridgehead atoms. The van der Waals surface area contributed by atoms with E-state index in [1.165, 1.54) is 6.42 Å². The summed E-state index contributed by atoms with van der Waals surface area (Å²) in [5, 5.41) is 0. The van der Waals surface area contributed by atoms with Crippen molar-refractivity contribution in [2.45, 2.75) is 32.6 Å². The minimum Gasteiger partial charge on any atom is -0.342 e. The molecule has 2 nitrogen and oxygen atoms in total. The van der Waals surface area contributed by atoms with Crippen molar-refractivity contribution < 1.29 is 4.79 Å². The molecule has 0 saturated carbocycles. The van der Waals surface area contributed by atoms with Gasteiger partial charge in [0, 0.05) is 25.4 Å². The van der Waals surface area contributed by atoms with Crippen molar-refractivity contribution in [3.8, 4) is 0 Å². The zero-order chi connectivity index (χ0) is 9.68. The van der Waals surface area contributed by atoms with Crippen LogP contribution in [0.3, 0.4) is 0 Å². The van der Waals surface area contributed by atoms with E-state index in [0.717, 1.165) is 25.9 Å². The average Bonchev–Trinajstić information content (AvgIpc) is 2.18. The van der Waals surface area contributed by atoms with Crippen molar-refractivity contribution in [1.82, 2.24) is 4.90 Å². The summed E-state index contributed by atoms with van der Waals surface area (Å²) in [4.78, 5) is 13.5. The van der Waals surface area contributed by atoms with E-state index in [1.807, 2.05) is 11.8 Å². The van der Waals surface area contributed by atoms with Crippen LogP contribution in [0.25, 0.3) is 0 Å². The fourth-order valence-electron chi connectivity index (χ4n) is 1.79. The molecule has 0 N–H and O–H groups in total. The molecular weight excluding hydrogens is 186 g/mol. The quantitative estimate of drug-likeness (QED) is 0.645. The summed E-state index contributed by atoms with van der Waals surface area (Å²) in [6.45, 7) is 3.86. The van der Waals surface area contributed by atoms with E-state index >= 15 is 0 Å². The number of hydrogen-bond acceptors (Lipinski definition) is 1. The van der Waals surface area contributed by atoms with Crippen LogP contribution >= 0.6 is 11.6 Å². The Kier molecular flexibility index (Phi) is 4.57. The molecule has 1 heterocycles. The first kappa shape index (κ1) is 10.8. The van der Waals surface area contributed by atoms with E-state index in [-0.39, 0.29) is 0 Å². The van der Waals surface area contributed by atoms with Crippen molar-refractivity contribution in [1.29, 1.82) is 0 Å². The second kappa shape index (κ2) is 5.48. The van der Waals surface area contributed by atoms with Crippen molar-refractivity contribution >= 4 is 17.5 Å². The number of piperidine rings is 1. The summed E-state index contributed by atoms with van der Waals surface area (Å²) < 4.78 is 0. The SMILES string of the molecule is CCCC(=O)N1CCCC(CCl)C1. The third-order valence-corrected chi connectivity index (χ3v) is 2.99. The van der Waals surface area contributed by atoms with Gasteiger partial charge in [0.1, 0.15) is 0 Å². The second-order valence-electron chi connectivity index (χ2n) is 3.75. The van der Waals surface area contributed by atoms with E-state index in [2.05, 4.69) is 0 Å². The maximum absolute atomic E-state index is 11.5. The maximum Gasteiger partial charge on any atom is 0.222 e. The van der Waals surface area contributed by atoms with E-state index in [0.29, 0.717) is 24.1 Å². The van der Waals surface area contributed by atoms with Gasteiger partial charge in [0.15, 0.2) is 0 Å². The molecule has 1 atom stereocenters. The molecule has 1 saturated heterocycles. The van der Waals surface area contributed by atoms with Gasteiger partial charge >= 0.3 is 0 Å². The van der Waals surface area contributed by atoms with Gasteiger partial charge in [0.2, 0.25) is 5.91 Å². The molecular formula is C10H18ClNO. The number of nitrogens with zero attached hydrogens (tertiary/aromatic N) is 1. The van der Waals surface area contributed by atoms with Crippen LogP contribution in [0.2, 0.25) is 0 Å². The smallest absolute Gasteiger partial charge is 0.222 e. The molecule has 0 aromatic heterocycles. The molecule has 1 rings (SSSR count). The Morgan fingerprint density at radius 2 is 2.38 bits per heavy atom. The molecule has 1 aliphatic rings. The lowest BCUT2D eigenvalue weighted by molar-refractivity contribution is -0.132. The van der Waals surface area contributed by atoms with Gasteiger partial charge in [-0.05, 0) is 25.2 Å². The van der Waals surface area contributed by atoms with Gasteiger partial charge in [-0.3, -0.25) is 4.79 Å². The van der Waals surface area contributed by atoms with Gasteiger partial charge in [-0.15, -0.1) is 11.6 Å². The Morgan fingerprint density at radius 1 is 1.62 bits per heavy atom. The number of carbonyl (C=O) groups is 1. The van der Waals surface area contributed by atoms with Gasteiger partial charge in [-0.2, -0.15) is 0 Å². The molecule has 3 heteroatoms. The molecule has 76 valence electrons. The van der Waals surface area contributed by atoms with Crippen LogP contribution in [0.4, 0.5) is 0 Å². The van der Waals surface area contributed by atoms with Crippen molar-refractivity contribution in [2.24, 2.45) is 5.92 Å². The Bertz CT molecular complexity index is 172. The molecule has 0 spiro atoms. The Hall–Kier alpha value is -0.240. The predicted octanol–water partition coefficient (Wildman–Crippen LogP) is 2.26. The Morgan fingerprint density at radius 3 is 3.00 bits per heavy atom. The van der Waals surface area contributed by atoms with E-state index in [1.54, 1.807) is 0 Å². The summed E-state index contributed by atoms with van der Waals surface area (Å²) in [5.74, 6) is 1.52. The molecule has 0 aromatic rings. The van der Waals surface area contributed by atoms with Gasteiger partial charge in [-0.1, -0.05) is 6.92 Å². The van der Waals surface area contributed by atoms with Crippen LogP contribution in [0.1, 0.15) is 32.6 Å². The topological polar surface area (TPSA) is 20.3 Å². The first-order valence-electron chi connectivity index (χ1n) is 5.11. The average molecular weight is 204 g/mol. The Labute approximate surface area is 85.2 Å². The van der Waals surface area contributed by atoms with Crippen molar-refractivity contribution in [3.63, 3.8) is 0 Å². The number of halogens is 1. The van der Waals surface area contributed by atoms with Crippen LogP contribution in [-0.2, 0) is 4.79 Å². The first-order valence-corrected chi connectivity index (χ1v) is 5.65. The maximum atomic E-state index is 11.5. The van der Waals surface area contributed by atoms with Crippen LogP contribution in [0.5, 0.6) is 0 Å². The first-order chi connectivity index (χ1) is 6.27. The monoisotopic (exact) mass is 203 g/mol. The molecule has 0 aromatic carbocycles. The van der Waals surface area contributed by atoms with E-state index in [9.17, 15) is 4.79 Å². The highest BCUT2D eigenvalue weighted by Crippen LogP contribution is 2.18. The minimum absolute atomic E-state index is 0.303. The Balaban J connectivity index is 2.37. The van der Waals surface area contributed by atoms with Crippen molar-refractivity contribution in [3.05, 3.63) is 0 Å².